The van der Waals surface area contributed by atoms with E-state index in [1.807, 2.05) is 6.92 Å². The fourth-order valence-corrected chi connectivity index (χ4v) is 1.72. The van der Waals surface area contributed by atoms with Crippen molar-refractivity contribution < 1.29 is 18.3 Å². The van der Waals surface area contributed by atoms with Gasteiger partial charge in [0.2, 0.25) is 0 Å². The second-order valence-electron chi connectivity index (χ2n) is 3.29. The molecule has 2 heterocycles. The fraction of sp³-hybridized carbons (Fsp3) is 0.750. The Bertz CT molecular complexity index is 223. The summed E-state index contributed by atoms with van der Waals surface area (Å²) in [6, 6.07) is 0. The van der Waals surface area contributed by atoms with E-state index in [1.165, 1.54) is 0 Å². The maximum absolute atomic E-state index is 12.2. The van der Waals surface area contributed by atoms with Crippen molar-refractivity contribution in [2.45, 2.75) is 19.1 Å². The minimum Gasteiger partial charge on any atom is -0.370 e. The topological polar surface area (TPSA) is 18.5 Å². The molecule has 0 amide bonds. The van der Waals surface area contributed by atoms with Crippen LogP contribution in [0.5, 0.6) is 0 Å². The van der Waals surface area contributed by atoms with E-state index in [-0.39, 0.29) is 24.2 Å². The summed E-state index contributed by atoms with van der Waals surface area (Å²) < 4.78 is 34.8. The predicted molar refractivity (Wildman–Crippen MR) is 37.9 cm³/mol. The van der Waals surface area contributed by atoms with Crippen molar-refractivity contribution in [1.82, 2.24) is 0 Å². The molecule has 12 heavy (non-hydrogen) atoms. The lowest BCUT2D eigenvalue weighted by molar-refractivity contribution is 0.0668. The molecule has 2 aliphatic rings. The molecule has 2 saturated heterocycles. The van der Waals surface area contributed by atoms with Crippen molar-refractivity contribution >= 4 is 0 Å². The second kappa shape index (κ2) is 2.78. The van der Waals surface area contributed by atoms with Crippen LogP contribution in [0.4, 0.5) is 8.78 Å². The fourth-order valence-electron chi connectivity index (χ4n) is 1.72. The van der Waals surface area contributed by atoms with Crippen LogP contribution in [0, 0.1) is 5.92 Å². The molecule has 0 saturated carbocycles. The smallest absolute Gasteiger partial charge is 0.274 e. The molecule has 4 heteroatoms. The number of ether oxygens (including phenoxy) is 2. The van der Waals surface area contributed by atoms with Crippen LogP contribution in [0.15, 0.2) is 11.7 Å². The van der Waals surface area contributed by atoms with E-state index in [9.17, 15) is 8.78 Å². The molecule has 68 valence electrons. The summed E-state index contributed by atoms with van der Waals surface area (Å²) in [5.74, 6) is 0.229. The maximum Gasteiger partial charge on any atom is 0.274 e. The van der Waals surface area contributed by atoms with Crippen LogP contribution in [-0.4, -0.2) is 25.4 Å². The highest BCUT2D eigenvalue weighted by Crippen LogP contribution is 2.35. The molecular formula is C8H10F2O2. The van der Waals surface area contributed by atoms with Crippen LogP contribution in [0.25, 0.3) is 0 Å². The van der Waals surface area contributed by atoms with Crippen molar-refractivity contribution in [2.75, 3.05) is 13.2 Å². The zero-order valence-electron chi connectivity index (χ0n) is 6.72. The highest BCUT2D eigenvalue weighted by atomic mass is 19.3. The molecule has 0 aromatic carbocycles. The summed E-state index contributed by atoms with van der Waals surface area (Å²) in [5.41, 5.74) is 0.0318. The van der Waals surface area contributed by atoms with Gasteiger partial charge >= 0.3 is 0 Å². The molecule has 2 nitrogen and oxygen atoms in total. The van der Waals surface area contributed by atoms with Gasteiger partial charge in [-0.1, -0.05) is 6.92 Å². The molecule has 0 N–H and O–H groups in total. The van der Waals surface area contributed by atoms with Crippen molar-refractivity contribution in [3.05, 3.63) is 11.7 Å². The lowest BCUT2D eigenvalue weighted by Crippen LogP contribution is -2.21. The number of hydrogen-bond acceptors (Lipinski definition) is 2. The third-order valence-corrected chi connectivity index (χ3v) is 2.42. The first-order valence-electron chi connectivity index (χ1n) is 3.97. The summed E-state index contributed by atoms with van der Waals surface area (Å²) in [6.07, 6.45) is -2.27. The van der Waals surface area contributed by atoms with E-state index in [0.29, 0.717) is 6.61 Å². The summed E-state index contributed by atoms with van der Waals surface area (Å²) in [5, 5.41) is 0. The number of halogens is 2. The standard InChI is InChI=1S/C8H10F2O2/c1-4-2-11-7-5(8(9)10)3-12-6(4)7/h4,6-7H,2-3H2,1H3/t4-,6-,7-/m1/s1. The van der Waals surface area contributed by atoms with Crippen LogP contribution < -0.4 is 0 Å². The second-order valence-corrected chi connectivity index (χ2v) is 3.29. The van der Waals surface area contributed by atoms with Gasteiger partial charge in [-0.3, -0.25) is 0 Å². The van der Waals surface area contributed by atoms with Crippen molar-refractivity contribution in [3.63, 3.8) is 0 Å². The Morgan fingerprint density at radius 1 is 1.42 bits per heavy atom. The Morgan fingerprint density at radius 2 is 2.17 bits per heavy atom. The molecule has 0 aromatic heterocycles. The molecule has 0 bridgehead atoms. The average Bonchev–Trinajstić information content (AvgIpc) is 2.53. The van der Waals surface area contributed by atoms with E-state index >= 15 is 0 Å². The lowest BCUT2D eigenvalue weighted by Gasteiger charge is -2.09. The third kappa shape index (κ3) is 1.06. The Hall–Kier alpha value is -0.480. The van der Waals surface area contributed by atoms with Crippen LogP contribution >= 0.6 is 0 Å². The van der Waals surface area contributed by atoms with Gasteiger partial charge in [0.25, 0.3) is 6.08 Å². The highest BCUT2D eigenvalue weighted by Gasteiger charge is 2.44. The quantitative estimate of drug-likeness (QED) is 0.557. The SMILES string of the molecule is C[C@@H]1CO[C@@H]2C(=C(F)F)CO[C@H]12. The predicted octanol–water partition coefficient (Wildman–Crippen LogP) is 1.57. The lowest BCUT2D eigenvalue weighted by atomic mass is 10.0. The first kappa shape index (κ1) is 8.13. The molecule has 0 radical (unpaired) electrons. The van der Waals surface area contributed by atoms with Gasteiger partial charge in [-0.05, 0) is 0 Å². The van der Waals surface area contributed by atoms with E-state index in [4.69, 9.17) is 9.47 Å². The van der Waals surface area contributed by atoms with Crippen LogP contribution in [0.3, 0.4) is 0 Å². The first-order chi connectivity index (χ1) is 5.70. The van der Waals surface area contributed by atoms with Crippen LogP contribution in [0.2, 0.25) is 0 Å². The monoisotopic (exact) mass is 176 g/mol. The average molecular weight is 176 g/mol. The number of fused-ring (bicyclic) bond motifs is 1. The van der Waals surface area contributed by atoms with Gasteiger partial charge in [0.1, 0.15) is 6.10 Å². The molecule has 2 rings (SSSR count). The number of rotatable bonds is 0. The van der Waals surface area contributed by atoms with Gasteiger partial charge in [0.05, 0.1) is 24.9 Å². The minimum absolute atomic E-state index is 0.0298. The summed E-state index contributed by atoms with van der Waals surface area (Å²) in [6.45, 7) is 2.50. The first-order valence-corrected chi connectivity index (χ1v) is 3.97. The molecule has 3 atom stereocenters. The maximum atomic E-state index is 12.2. The van der Waals surface area contributed by atoms with Gasteiger partial charge < -0.3 is 9.47 Å². The Morgan fingerprint density at radius 3 is 2.83 bits per heavy atom. The zero-order chi connectivity index (χ0) is 8.72. The molecule has 0 spiro atoms. The summed E-state index contributed by atoms with van der Waals surface area (Å²) >= 11 is 0. The van der Waals surface area contributed by atoms with Gasteiger partial charge in [-0.2, -0.15) is 8.78 Å². The summed E-state index contributed by atoms with van der Waals surface area (Å²) in [7, 11) is 0. The van der Waals surface area contributed by atoms with E-state index < -0.39 is 12.2 Å². The normalized spacial score (nSPS) is 40.2. The van der Waals surface area contributed by atoms with E-state index in [0.717, 1.165) is 0 Å². The van der Waals surface area contributed by atoms with Crippen molar-refractivity contribution in [2.24, 2.45) is 5.92 Å². The van der Waals surface area contributed by atoms with Crippen LogP contribution in [-0.2, 0) is 9.47 Å². The Balaban J connectivity index is 2.21. The molecule has 0 unspecified atom stereocenters. The van der Waals surface area contributed by atoms with Gasteiger partial charge in [0, 0.05) is 5.92 Å². The van der Waals surface area contributed by atoms with Crippen molar-refractivity contribution in [1.29, 1.82) is 0 Å². The molecule has 2 aliphatic heterocycles. The van der Waals surface area contributed by atoms with E-state index in [1.54, 1.807) is 0 Å². The zero-order valence-corrected chi connectivity index (χ0v) is 6.72. The third-order valence-electron chi connectivity index (χ3n) is 2.42. The molecule has 0 aliphatic carbocycles. The largest absolute Gasteiger partial charge is 0.370 e. The highest BCUT2D eigenvalue weighted by molar-refractivity contribution is 5.18. The molecule has 0 aromatic rings. The van der Waals surface area contributed by atoms with Gasteiger partial charge in [-0.15, -0.1) is 0 Å². The van der Waals surface area contributed by atoms with Gasteiger partial charge in [0.15, 0.2) is 0 Å². The minimum atomic E-state index is -1.64. The van der Waals surface area contributed by atoms with Crippen LogP contribution in [0.1, 0.15) is 6.92 Å². The summed E-state index contributed by atoms with van der Waals surface area (Å²) in [4.78, 5) is 0. The Labute approximate surface area is 69.2 Å². The molecule has 2 fully saturated rings. The van der Waals surface area contributed by atoms with E-state index in [2.05, 4.69) is 0 Å². The Kier molecular flexibility index (Phi) is 1.88. The van der Waals surface area contributed by atoms with Gasteiger partial charge in [-0.25, -0.2) is 0 Å². The van der Waals surface area contributed by atoms with Crippen molar-refractivity contribution in [3.8, 4) is 0 Å². The molecular weight excluding hydrogens is 166 g/mol. The number of hydrogen-bond donors (Lipinski definition) is 0.